The zero-order valence-corrected chi connectivity index (χ0v) is 12.7. The fraction of sp³-hybridized carbons (Fsp3) is 0.357. The molecule has 2 aromatic heterocycles. The van der Waals surface area contributed by atoms with Gasteiger partial charge < -0.3 is 14.5 Å². The highest BCUT2D eigenvalue weighted by atomic mass is 35.5. The minimum Gasteiger partial charge on any atom is -0.469 e. The molecule has 0 saturated heterocycles. The van der Waals surface area contributed by atoms with Crippen LogP contribution in [0, 0.1) is 0 Å². The van der Waals surface area contributed by atoms with E-state index in [4.69, 9.17) is 16.0 Å². The monoisotopic (exact) mass is 313 g/mol. The molecule has 0 aromatic carbocycles. The maximum absolute atomic E-state index is 11.1. The molecular formula is C14H16ClNO3S. The molecule has 2 rings (SSSR count). The minimum absolute atomic E-state index is 0.0415. The zero-order valence-electron chi connectivity index (χ0n) is 11.1. The third-order valence-corrected chi connectivity index (χ3v) is 4.14. The number of rotatable bonds is 7. The minimum atomic E-state index is -0.194. The molecule has 0 bridgehead atoms. The Morgan fingerprint density at radius 2 is 2.35 bits per heavy atom. The fourth-order valence-electron chi connectivity index (χ4n) is 1.86. The molecule has 4 nitrogen and oxygen atoms in total. The summed E-state index contributed by atoms with van der Waals surface area (Å²) in [6.07, 6.45) is 2.76. The van der Waals surface area contributed by atoms with E-state index in [2.05, 4.69) is 10.1 Å². The van der Waals surface area contributed by atoms with Crippen LogP contribution < -0.4 is 5.32 Å². The number of halogens is 1. The first-order chi connectivity index (χ1) is 9.70. The van der Waals surface area contributed by atoms with Crippen LogP contribution in [0.1, 0.15) is 29.5 Å². The molecule has 0 amide bonds. The number of hydrogen-bond acceptors (Lipinski definition) is 5. The van der Waals surface area contributed by atoms with Gasteiger partial charge in [-0.05, 0) is 37.2 Å². The summed E-state index contributed by atoms with van der Waals surface area (Å²) in [5.41, 5.74) is 0. The van der Waals surface area contributed by atoms with Crippen molar-refractivity contribution in [1.82, 2.24) is 5.32 Å². The fourth-order valence-corrected chi connectivity index (χ4v) is 3.01. The van der Waals surface area contributed by atoms with Gasteiger partial charge in [0.25, 0.3) is 0 Å². The first kappa shape index (κ1) is 15.1. The molecule has 1 atom stereocenters. The molecule has 0 saturated carbocycles. The van der Waals surface area contributed by atoms with Crippen LogP contribution in [0.3, 0.4) is 0 Å². The van der Waals surface area contributed by atoms with E-state index in [1.807, 2.05) is 24.3 Å². The highest BCUT2D eigenvalue weighted by Crippen LogP contribution is 2.31. The van der Waals surface area contributed by atoms with Gasteiger partial charge in [-0.15, -0.1) is 11.3 Å². The number of esters is 1. The maximum atomic E-state index is 11.1. The maximum Gasteiger partial charge on any atom is 0.305 e. The summed E-state index contributed by atoms with van der Waals surface area (Å²) in [4.78, 5) is 12.2. The van der Waals surface area contributed by atoms with Gasteiger partial charge in [-0.1, -0.05) is 11.6 Å². The summed E-state index contributed by atoms with van der Waals surface area (Å²) in [5.74, 6) is 0.641. The number of ether oxygens (including phenoxy) is 1. The smallest absolute Gasteiger partial charge is 0.305 e. The van der Waals surface area contributed by atoms with E-state index in [1.165, 1.54) is 18.4 Å². The lowest BCUT2D eigenvalue weighted by molar-refractivity contribution is -0.140. The van der Waals surface area contributed by atoms with Crippen LogP contribution in [-0.2, 0) is 9.53 Å². The van der Waals surface area contributed by atoms with Crippen LogP contribution in [0.15, 0.2) is 34.9 Å². The van der Waals surface area contributed by atoms with Crippen LogP contribution in [0.4, 0.5) is 0 Å². The summed E-state index contributed by atoms with van der Waals surface area (Å²) in [6, 6.07) is 7.58. The average molecular weight is 314 g/mol. The Balaban J connectivity index is 1.96. The second kappa shape index (κ2) is 7.47. The summed E-state index contributed by atoms with van der Waals surface area (Å²) < 4.78 is 10.8. The first-order valence-electron chi connectivity index (χ1n) is 6.29. The second-order valence-electron chi connectivity index (χ2n) is 4.22. The van der Waals surface area contributed by atoms with E-state index in [-0.39, 0.29) is 12.0 Å². The van der Waals surface area contributed by atoms with Gasteiger partial charge in [0.05, 0.1) is 17.7 Å². The normalized spacial score (nSPS) is 12.3. The highest BCUT2D eigenvalue weighted by Gasteiger charge is 2.18. The summed E-state index contributed by atoms with van der Waals surface area (Å²) in [6.45, 7) is 0.690. The van der Waals surface area contributed by atoms with E-state index in [9.17, 15) is 4.79 Å². The Hall–Kier alpha value is -1.30. The SMILES string of the molecule is COC(=O)CCCNC(c1ccco1)c1ccc(Cl)s1. The third kappa shape index (κ3) is 4.10. The summed E-state index contributed by atoms with van der Waals surface area (Å²) in [5, 5.41) is 3.38. The van der Waals surface area contributed by atoms with Gasteiger partial charge in [0.15, 0.2) is 0 Å². The van der Waals surface area contributed by atoms with Crippen molar-refractivity contribution < 1.29 is 13.9 Å². The van der Waals surface area contributed by atoms with Crippen molar-refractivity contribution >= 4 is 28.9 Å². The van der Waals surface area contributed by atoms with E-state index >= 15 is 0 Å². The lowest BCUT2D eigenvalue weighted by atomic mass is 10.1. The van der Waals surface area contributed by atoms with Gasteiger partial charge in [0.1, 0.15) is 11.8 Å². The molecule has 0 spiro atoms. The molecule has 0 aliphatic carbocycles. The van der Waals surface area contributed by atoms with Crippen molar-refractivity contribution in [2.24, 2.45) is 0 Å². The van der Waals surface area contributed by atoms with Crippen molar-refractivity contribution in [1.29, 1.82) is 0 Å². The van der Waals surface area contributed by atoms with Crippen LogP contribution in [-0.4, -0.2) is 19.6 Å². The molecule has 0 aliphatic rings. The number of carbonyl (C=O) groups is 1. The predicted molar refractivity (Wildman–Crippen MR) is 79.1 cm³/mol. The van der Waals surface area contributed by atoms with E-state index in [0.717, 1.165) is 15.0 Å². The Labute approximate surface area is 126 Å². The Morgan fingerprint density at radius 1 is 1.50 bits per heavy atom. The average Bonchev–Trinajstić information content (AvgIpc) is 3.10. The van der Waals surface area contributed by atoms with Crippen LogP contribution in [0.25, 0.3) is 0 Å². The summed E-state index contributed by atoms with van der Waals surface area (Å²) in [7, 11) is 1.40. The lowest BCUT2D eigenvalue weighted by Gasteiger charge is -2.14. The van der Waals surface area contributed by atoms with Crippen LogP contribution in [0.5, 0.6) is 0 Å². The van der Waals surface area contributed by atoms with Gasteiger partial charge in [-0.2, -0.15) is 0 Å². The molecule has 6 heteroatoms. The van der Waals surface area contributed by atoms with Gasteiger partial charge >= 0.3 is 5.97 Å². The number of carbonyl (C=O) groups excluding carboxylic acids is 1. The highest BCUT2D eigenvalue weighted by molar-refractivity contribution is 7.16. The van der Waals surface area contributed by atoms with Crippen molar-refractivity contribution in [3.8, 4) is 0 Å². The Kier molecular flexibility index (Phi) is 5.64. The standard InChI is InChI=1S/C14H16ClNO3S/c1-18-13(17)5-2-8-16-14(10-4-3-9-19-10)11-6-7-12(15)20-11/h3-4,6-7,9,14,16H,2,5,8H2,1H3. The molecule has 1 N–H and O–H groups in total. The Bertz CT molecular complexity index is 538. The molecule has 108 valence electrons. The van der Waals surface area contributed by atoms with Crippen molar-refractivity contribution in [2.75, 3.05) is 13.7 Å². The number of nitrogens with one attached hydrogen (secondary N) is 1. The van der Waals surface area contributed by atoms with Gasteiger partial charge in [0.2, 0.25) is 0 Å². The first-order valence-corrected chi connectivity index (χ1v) is 7.49. The van der Waals surface area contributed by atoms with Gasteiger partial charge in [-0.3, -0.25) is 4.79 Å². The largest absolute Gasteiger partial charge is 0.469 e. The van der Waals surface area contributed by atoms with E-state index < -0.39 is 0 Å². The van der Waals surface area contributed by atoms with Gasteiger partial charge in [-0.25, -0.2) is 0 Å². The number of furan rings is 1. The third-order valence-electron chi connectivity index (χ3n) is 2.84. The molecule has 1 unspecified atom stereocenters. The van der Waals surface area contributed by atoms with Crippen LogP contribution >= 0.6 is 22.9 Å². The molecule has 20 heavy (non-hydrogen) atoms. The van der Waals surface area contributed by atoms with Crippen molar-refractivity contribution in [3.05, 3.63) is 45.5 Å². The number of methoxy groups -OCH3 is 1. The lowest BCUT2D eigenvalue weighted by Crippen LogP contribution is -2.23. The molecule has 0 aliphatic heterocycles. The predicted octanol–water partition coefficient (Wildman–Crippen LogP) is 3.63. The van der Waals surface area contributed by atoms with Crippen LogP contribution in [0.2, 0.25) is 4.34 Å². The van der Waals surface area contributed by atoms with E-state index in [1.54, 1.807) is 6.26 Å². The second-order valence-corrected chi connectivity index (χ2v) is 5.97. The molecular weight excluding hydrogens is 298 g/mol. The number of hydrogen-bond donors (Lipinski definition) is 1. The Morgan fingerprint density at radius 3 is 2.95 bits per heavy atom. The molecule has 0 radical (unpaired) electrons. The topological polar surface area (TPSA) is 51.5 Å². The van der Waals surface area contributed by atoms with Gasteiger partial charge in [0, 0.05) is 11.3 Å². The van der Waals surface area contributed by atoms with Crippen molar-refractivity contribution in [2.45, 2.75) is 18.9 Å². The quantitative estimate of drug-likeness (QED) is 0.626. The molecule has 2 heterocycles. The van der Waals surface area contributed by atoms with E-state index in [0.29, 0.717) is 19.4 Å². The van der Waals surface area contributed by atoms with Crippen molar-refractivity contribution in [3.63, 3.8) is 0 Å². The molecule has 0 fully saturated rings. The molecule has 2 aromatic rings. The number of thiophene rings is 1. The zero-order chi connectivity index (χ0) is 14.4. The summed E-state index contributed by atoms with van der Waals surface area (Å²) >= 11 is 7.50.